The minimum atomic E-state index is -1.15. The van der Waals surface area contributed by atoms with Gasteiger partial charge in [-0.15, -0.1) is 0 Å². The Hall–Kier alpha value is -5.66. The number of methoxy groups -OCH3 is 1. The van der Waals surface area contributed by atoms with Crippen molar-refractivity contribution in [2.75, 3.05) is 13.7 Å². The fourth-order valence-electron chi connectivity index (χ4n) is 10.6. The largest absolute Gasteiger partial charge is 0.465 e. The highest BCUT2D eigenvalue weighted by molar-refractivity contribution is 5.91. The lowest BCUT2D eigenvalue weighted by Crippen LogP contribution is -2.59. The zero-order valence-corrected chi connectivity index (χ0v) is 32.3. The van der Waals surface area contributed by atoms with Crippen LogP contribution < -0.4 is 10.6 Å². The van der Waals surface area contributed by atoms with Crippen molar-refractivity contribution in [1.82, 2.24) is 40.4 Å². The molecule has 2 aromatic carbocycles. The molecule has 4 amide bonds. The maximum absolute atomic E-state index is 14.1. The summed E-state index contributed by atoms with van der Waals surface area (Å²) in [5.74, 6) is 1.65. The van der Waals surface area contributed by atoms with Crippen LogP contribution in [-0.4, -0.2) is 89.6 Å². The van der Waals surface area contributed by atoms with Crippen molar-refractivity contribution in [1.29, 1.82) is 0 Å². The predicted octanol–water partition coefficient (Wildman–Crippen LogP) is 7.10. The first-order valence-electron chi connectivity index (χ1n) is 20.5. The molecule has 2 saturated heterocycles. The molecule has 3 saturated carbocycles. The zero-order valence-electron chi connectivity index (χ0n) is 32.3. The molecule has 4 heterocycles. The van der Waals surface area contributed by atoms with E-state index >= 15 is 0 Å². The van der Waals surface area contributed by atoms with Crippen LogP contribution in [-0.2, 0) is 14.3 Å². The number of carbonyl (C=O) groups is 4. The van der Waals surface area contributed by atoms with Gasteiger partial charge in [0.15, 0.2) is 0 Å². The monoisotopic (exact) mass is 774 g/mol. The van der Waals surface area contributed by atoms with Crippen LogP contribution in [0.25, 0.3) is 33.6 Å². The maximum atomic E-state index is 14.1. The summed E-state index contributed by atoms with van der Waals surface area (Å²) in [5.41, 5.74) is 3.86. The molecule has 14 nitrogen and oxygen atoms in total. The van der Waals surface area contributed by atoms with Crippen molar-refractivity contribution in [2.45, 2.75) is 113 Å². The summed E-state index contributed by atoms with van der Waals surface area (Å²) in [5, 5.41) is 15.1. The van der Waals surface area contributed by atoms with Gasteiger partial charge >= 0.3 is 12.2 Å². The maximum Gasteiger partial charge on any atom is 0.407 e. The number of imidazole rings is 2. The van der Waals surface area contributed by atoms with Gasteiger partial charge in [-0.05, 0) is 86.0 Å². The lowest BCUT2D eigenvalue weighted by atomic mass is 9.91. The zero-order chi connectivity index (χ0) is 39.3. The number of rotatable bonds is 9. The van der Waals surface area contributed by atoms with E-state index in [0.717, 1.165) is 103 Å². The number of fused-ring (bicyclic) bond motifs is 2. The Morgan fingerprint density at radius 3 is 1.84 bits per heavy atom. The number of likely N-dealkylation sites (tertiary alicyclic amines) is 2. The van der Waals surface area contributed by atoms with Crippen LogP contribution in [0.2, 0.25) is 0 Å². The standard InChI is InChI=1S/C43H50N8O6/c1-57-41(56)49-42(18-2-3-19-42)38(52)50-22-6-7-34(50)36-44-24-32(46-36)28-12-8-26(9-13-28)27-10-14-29(15-11-27)33-25-45-37(47-33)35-30-16-17-31(23-30)51(35)39(53)43(48-40(54)55)20-4-5-21-43/h8-15,24-25,30-31,34-35,48H,2-7,16-23H2,1H3,(H,44,46)(H,45,47)(H,49,56)(H,54,55)/t30-,31-,34-,35+/m0/s1. The number of ether oxygens (including phenoxy) is 1. The number of alkyl carbamates (subject to hydrolysis) is 1. The van der Waals surface area contributed by atoms with E-state index < -0.39 is 23.3 Å². The van der Waals surface area contributed by atoms with Crippen molar-refractivity contribution in [3.05, 3.63) is 72.6 Å². The lowest BCUT2D eigenvalue weighted by Gasteiger charge is -2.40. The molecule has 2 aromatic heterocycles. The number of nitrogens with one attached hydrogen (secondary N) is 4. The van der Waals surface area contributed by atoms with E-state index in [9.17, 15) is 24.3 Å². The van der Waals surface area contributed by atoms with Crippen LogP contribution >= 0.6 is 0 Å². The summed E-state index contributed by atoms with van der Waals surface area (Å²) in [6, 6.07) is 16.4. The number of hydrogen-bond acceptors (Lipinski definition) is 7. The normalized spacial score (nSPS) is 24.5. The Labute approximate surface area is 331 Å². The smallest absolute Gasteiger partial charge is 0.407 e. The average Bonchev–Trinajstić information content (AvgIpc) is 4.08. The van der Waals surface area contributed by atoms with Gasteiger partial charge in [-0.25, -0.2) is 19.6 Å². The first-order chi connectivity index (χ1) is 27.7. The minimum Gasteiger partial charge on any atom is -0.465 e. The third kappa shape index (κ3) is 6.62. The third-order valence-corrected chi connectivity index (χ3v) is 13.5. The first-order valence-corrected chi connectivity index (χ1v) is 20.5. The van der Waals surface area contributed by atoms with Crippen molar-refractivity contribution < 1.29 is 29.0 Å². The summed E-state index contributed by atoms with van der Waals surface area (Å²) in [4.78, 5) is 72.4. The molecule has 3 aliphatic carbocycles. The van der Waals surface area contributed by atoms with Gasteiger partial charge in [0.1, 0.15) is 22.7 Å². The summed E-state index contributed by atoms with van der Waals surface area (Å²) < 4.78 is 4.86. The summed E-state index contributed by atoms with van der Waals surface area (Å²) in [7, 11) is 1.32. The molecule has 14 heteroatoms. The second-order valence-electron chi connectivity index (χ2n) is 16.7. The highest BCUT2D eigenvalue weighted by atomic mass is 16.5. The molecule has 0 unspecified atom stereocenters. The van der Waals surface area contributed by atoms with Crippen molar-refractivity contribution in [3.63, 3.8) is 0 Å². The van der Waals surface area contributed by atoms with Crippen LogP contribution in [0, 0.1) is 5.92 Å². The van der Waals surface area contributed by atoms with Gasteiger partial charge in [0.25, 0.3) is 0 Å². The van der Waals surface area contributed by atoms with E-state index in [1.54, 1.807) is 0 Å². The fraction of sp³-hybridized carbons (Fsp3) is 0.488. The number of carboxylic acid groups (broad SMARTS) is 1. The first kappa shape index (κ1) is 36.9. The molecule has 0 radical (unpaired) electrons. The molecule has 5 N–H and O–H groups in total. The van der Waals surface area contributed by atoms with Gasteiger partial charge in [0, 0.05) is 12.6 Å². The summed E-state index contributed by atoms with van der Waals surface area (Å²) in [6.07, 6.45) is 12.2. The van der Waals surface area contributed by atoms with E-state index in [1.165, 1.54) is 7.11 Å². The molecule has 298 valence electrons. The highest BCUT2D eigenvalue weighted by Gasteiger charge is 2.55. The Balaban J connectivity index is 0.875. The van der Waals surface area contributed by atoms with Crippen molar-refractivity contribution in [2.24, 2.45) is 5.92 Å². The number of aromatic nitrogens is 4. The molecule has 2 aliphatic heterocycles. The molecule has 5 fully saturated rings. The van der Waals surface area contributed by atoms with Crippen LogP contribution in [0.5, 0.6) is 0 Å². The molecule has 0 spiro atoms. The van der Waals surface area contributed by atoms with E-state index in [-0.39, 0.29) is 29.9 Å². The fourth-order valence-corrected chi connectivity index (χ4v) is 10.6. The Kier molecular flexibility index (Phi) is 9.52. The van der Waals surface area contributed by atoms with E-state index in [0.29, 0.717) is 38.1 Å². The number of carbonyl (C=O) groups excluding carboxylic acids is 3. The molecule has 4 aromatic rings. The molecule has 57 heavy (non-hydrogen) atoms. The minimum absolute atomic E-state index is 0.0577. The number of H-pyrrole nitrogens is 2. The number of benzene rings is 2. The van der Waals surface area contributed by atoms with Gasteiger partial charge in [0.2, 0.25) is 11.8 Å². The molecule has 9 rings (SSSR count). The van der Waals surface area contributed by atoms with E-state index in [2.05, 4.69) is 69.1 Å². The van der Waals surface area contributed by atoms with Gasteiger partial charge in [0.05, 0.1) is 43.0 Å². The number of hydrogen-bond donors (Lipinski definition) is 5. The number of aromatic amines is 2. The van der Waals surface area contributed by atoms with Crippen LogP contribution in [0.4, 0.5) is 9.59 Å². The number of amides is 4. The summed E-state index contributed by atoms with van der Waals surface area (Å²) >= 11 is 0. The molecular formula is C43H50N8O6. The van der Waals surface area contributed by atoms with Crippen LogP contribution in [0.15, 0.2) is 60.9 Å². The Bertz CT molecular complexity index is 2150. The number of piperidine rings is 1. The molecular weight excluding hydrogens is 725 g/mol. The van der Waals surface area contributed by atoms with Gasteiger partial charge in [-0.2, -0.15) is 0 Å². The number of nitrogens with zero attached hydrogens (tertiary/aromatic N) is 4. The predicted molar refractivity (Wildman–Crippen MR) is 211 cm³/mol. The molecule has 2 bridgehead atoms. The third-order valence-electron chi connectivity index (χ3n) is 13.5. The van der Waals surface area contributed by atoms with Crippen molar-refractivity contribution in [3.8, 4) is 33.6 Å². The van der Waals surface area contributed by atoms with E-state index in [1.807, 2.05) is 22.2 Å². The second kappa shape index (κ2) is 14.7. The average molecular weight is 775 g/mol. The molecule has 4 atom stereocenters. The van der Waals surface area contributed by atoms with Crippen LogP contribution in [0.1, 0.15) is 107 Å². The van der Waals surface area contributed by atoms with E-state index in [4.69, 9.17) is 14.7 Å². The van der Waals surface area contributed by atoms with Gasteiger partial charge < -0.3 is 40.2 Å². The highest BCUT2D eigenvalue weighted by Crippen LogP contribution is 2.51. The summed E-state index contributed by atoms with van der Waals surface area (Å²) in [6.45, 7) is 0.620. The molecule has 5 aliphatic rings. The topological polar surface area (TPSA) is 186 Å². The Morgan fingerprint density at radius 1 is 0.719 bits per heavy atom. The lowest BCUT2D eigenvalue weighted by molar-refractivity contribution is -0.143. The SMILES string of the molecule is COC(=O)NC1(C(=O)N2CCC[C@H]2c2ncc(-c3ccc(-c4ccc(-c5cnc([C@H]6[C@H]7CC[C@@H](C7)N6C(=O)C6(NC(=O)O)CCCC6)[nH]5)cc4)cc3)[nH]2)CCCC1. The van der Waals surface area contributed by atoms with Crippen molar-refractivity contribution >= 4 is 24.0 Å². The second-order valence-corrected chi connectivity index (χ2v) is 16.7. The van der Waals surface area contributed by atoms with Gasteiger partial charge in [-0.1, -0.05) is 74.2 Å². The Morgan fingerprint density at radius 2 is 1.26 bits per heavy atom. The quantitative estimate of drug-likeness (QED) is 0.119. The van der Waals surface area contributed by atoms with Crippen LogP contribution in [0.3, 0.4) is 0 Å². The van der Waals surface area contributed by atoms with Gasteiger partial charge in [-0.3, -0.25) is 9.59 Å².